The molecule has 1 fully saturated rings. The average molecular weight is 351 g/mol. The topological polar surface area (TPSA) is 79.0 Å². The van der Waals surface area contributed by atoms with E-state index in [4.69, 9.17) is 4.74 Å². The number of nitrogens with zero attached hydrogens (tertiary/aromatic N) is 2. The van der Waals surface area contributed by atoms with Gasteiger partial charge in [0.1, 0.15) is 11.1 Å². The van der Waals surface area contributed by atoms with Crippen LogP contribution in [-0.2, 0) is 14.3 Å². The molecule has 1 N–H and O–H groups in total. The third-order valence-electron chi connectivity index (χ3n) is 4.62. The number of ether oxygens (including phenoxy) is 1. The standard InChI is InChI=1S/C18H29N3O4/c1-17(2,3)25-16(24)21-12-7-10-18(21)9-5-6-11-20(15(18)23)13-8-14(22)19-4/h5-6H,7-13H2,1-4H3,(H,19,22)/t18-/m0/s1. The fourth-order valence-electron chi connectivity index (χ4n) is 3.40. The van der Waals surface area contributed by atoms with Crippen molar-refractivity contribution in [3.63, 3.8) is 0 Å². The van der Waals surface area contributed by atoms with Gasteiger partial charge in [-0.05, 0) is 40.0 Å². The molecule has 0 bridgehead atoms. The maximum Gasteiger partial charge on any atom is 0.411 e. The number of hydrogen-bond acceptors (Lipinski definition) is 4. The lowest BCUT2D eigenvalue weighted by Crippen LogP contribution is -2.58. The minimum absolute atomic E-state index is 0.0928. The summed E-state index contributed by atoms with van der Waals surface area (Å²) >= 11 is 0. The smallest absolute Gasteiger partial charge is 0.411 e. The Labute approximate surface area is 149 Å². The lowest BCUT2D eigenvalue weighted by molar-refractivity contribution is -0.142. The lowest BCUT2D eigenvalue weighted by Gasteiger charge is -2.39. The fourth-order valence-corrected chi connectivity index (χ4v) is 3.40. The van der Waals surface area contributed by atoms with Crippen molar-refractivity contribution in [1.29, 1.82) is 0 Å². The van der Waals surface area contributed by atoms with E-state index in [1.807, 2.05) is 32.9 Å². The molecule has 25 heavy (non-hydrogen) atoms. The molecule has 0 aliphatic carbocycles. The largest absolute Gasteiger partial charge is 0.444 e. The Bertz CT molecular complexity index is 567. The summed E-state index contributed by atoms with van der Waals surface area (Å²) in [7, 11) is 1.58. The zero-order valence-corrected chi connectivity index (χ0v) is 15.6. The number of likely N-dealkylation sites (tertiary alicyclic amines) is 1. The van der Waals surface area contributed by atoms with Gasteiger partial charge in [0.25, 0.3) is 0 Å². The normalized spacial score (nSPS) is 23.8. The van der Waals surface area contributed by atoms with Crippen LogP contribution in [0.25, 0.3) is 0 Å². The summed E-state index contributed by atoms with van der Waals surface area (Å²) in [5.41, 5.74) is -1.50. The van der Waals surface area contributed by atoms with E-state index in [0.29, 0.717) is 32.5 Å². The van der Waals surface area contributed by atoms with E-state index in [9.17, 15) is 14.4 Å². The first-order valence-electron chi connectivity index (χ1n) is 8.85. The van der Waals surface area contributed by atoms with Gasteiger partial charge in [-0.2, -0.15) is 0 Å². The Morgan fingerprint density at radius 2 is 2.04 bits per heavy atom. The van der Waals surface area contributed by atoms with Crippen molar-refractivity contribution in [2.24, 2.45) is 0 Å². The quantitative estimate of drug-likeness (QED) is 0.785. The molecule has 0 aromatic heterocycles. The molecule has 3 amide bonds. The van der Waals surface area contributed by atoms with Crippen LogP contribution in [0.1, 0.15) is 46.5 Å². The summed E-state index contributed by atoms with van der Waals surface area (Å²) in [6, 6.07) is 0. The van der Waals surface area contributed by atoms with E-state index in [1.54, 1.807) is 16.8 Å². The first-order valence-corrected chi connectivity index (χ1v) is 8.85. The third kappa shape index (κ3) is 4.32. The number of rotatable bonds is 3. The molecule has 2 aliphatic rings. The molecule has 2 rings (SSSR count). The van der Waals surface area contributed by atoms with Crippen LogP contribution in [0.5, 0.6) is 0 Å². The second kappa shape index (κ2) is 7.45. The predicted octanol–water partition coefficient (Wildman–Crippen LogP) is 1.68. The fraction of sp³-hybridized carbons (Fsp3) is 0.722. The maximum absolute atomic E-state index is 13.3. The van der Waals surface area contributed by atoms with Crippen molar-refractivity contribution in [2.45, 2.75) is 57.6 Å². The van der Waals surface area contributed by atoms with E-state index >= 15 is 0 Å². The highest BCUT2D eigenvalue weighted by molar-refractivity contribution is 5.91. The van der Waals surface area contributed by atoms with Crippen molar-refractivity contribution in [3.8, 4) is 0 Å². The molecular formula is C18H29N3O4. The van der Waals surface area contributed by atoms with Gasteiger partial charge in [-0.25, -0.2) is 4.79 Å². The Morgan fingerprint density at radius 1 is 1.32 bits per heavy atom. The van der Waals surface area contributed by atoms with Crippen LogP contribution in [0, 0.1) is 0 Å². The Hall–Kier alpha value is -2.05. The zero-order chi connectivity index (χ0) is 18.7. The van der Waals surface area contributed by atoms with Crippen LogP contribution in [0.3, 0.4) is 0 Å². The van der Waals surface area contributed by atoms with E-state index in [1.165, 1.54) is 0 Å². The molecule has 1 atom stereocenters. The first-order chi connectivity index (χ1) is 11.7. The molecule has 2 aliphatic heterocycles. The summed E-state index contributed by atoms with van der Waals surface area (Å²) in [4.78, 5) is 40.7. The zero-order valence-electron chi connectivity index (χ0n) is 15.6. The third-order valence-corrected chi connectivity index (χ3v) is 4.62. The molecule has 7 heteroatoms. The molecule has 0 aromatic rings. The Balaban J connectivity index is 2.20. The summed E-state index contributed by atoms with van der Waals surface area (Å²) in [5.74, 6) is -0.199. The van der Waals surface area contributed by atoms with Gasteiger partial charge in [-0.15, -0.1) is 0 Å². The summed E-state index contributed by atoms with van der Waals surface area (Å²) in [5, 5.41) is 2.57. The van der Waals surface area contributed by atoms with Crippen molar-refractivity contribution < 1.29 is 19.1 Å². The SMILES string of the molecule is CNC(=O)CCN1CC=CC[C@]2(CCCN2C(=O)OC(C)(C)C)C1=O. The summed E-state index contributed by atoms with van der Waals surface area (Å²) in [6.45, 7) is 6.76. The molecule has 0 aromatic carbocycles. The molecule has 0 saturated carbocycles. The van der Waals surface area contributed by atoms with Gasteiger partial charge in [-0.3, -0.25) is 14.5 Å². The highest BCUT2D eigenvalue weighted by atomic mass is 16.6. The molecular weight excluding hydrogens is 322 g/mol. The van der Waals surface area contributed by atoms with Gasteiger partial charge in [-0.1, -0.05) is 12.2 Å². The van der Waals surface area contributed by atoms with Crippen molar-refractivity contribution >= 4 is 17.9 Å². The van der Waals surface area contributed by atoms with Crippen LogP contribution >= 0.6 is 0 Å². The van der Waals surface area contributed by atoms with Gasteiger partial charge in [0, 0.05) is 33.1 Å². The molecule has 7 nitrogen and oxygen atoms in total. The van der Waals surface area contributed by atoms with Gasteiger partial charge < -0.3 is 15.0 Å². The average Bonchev–Trinajstić information content (AvgIpc) is 2.89. The number of carbonyl (C=O) groups excluding carboxylic acids is 3. The monoisotopic (exact) mass is 351 g/mol. The van der Waals surface area contributed by atoms with Crippen LogP contribution in [0.2, 0.25) is 0 Å². The van der Waals surface area contributed by atoms with E-state index < -0.39 is 17.2 Å². The Morgan fingerprint density at radius 3 is 2.68 bits per heavy atom. The highest BCUT2D eigenvalue weighted by Crippen LogP contribution is 2.37. The predicted molar refractivity (Wildman–Crippen MR) is 93.9 cm³/mol. The molecule has 140 valence electrons. The van der Waals surface area contributed by atoms with Crippen LogP contribution < -0.4 is 5.32 Å². The van der Waals surface area contributed by atoms with Crippen LogP contribution in [-0.4, -0.2) is 65.5 Å². The lowest BCUT2D eigenvalue weighted by atomic mass is 9.90. The van der Waals surface area contributed by atoms with E-state index in [2.05, 4.69) is 5.32 Å². The summed E-state index contributed by atoms with van der Waals surface area (Å²) in [6.07, 6.45) is 5.57. The minimum Gasteiger partial charge on any atom is -0.444 e. The van der Waals surface area contributed by atoms with Crippen LogP contribution in [0.4, 0.5) is 4.79 Å². The van der Waals surface area contributed by atoms with Crippen LogP contribution in [0.15, 0.2) is 12.2 Å². The molecule has 0 radical (unpaired) electrons. The Kier molecular flexibility index (Phi) is 5.75. The van der Waals surface area contributed by atoms with Gasteiger partial charge >= 0.3 is 6.09 Å². The van der Waals surface area contributed by atoms with E-state index in [0.717, 1.165) is 6.42 Å². The molecule has 2 heterocycles. The highest BCUT2D eigenvalue weighted by Gasteiger charge is 2.52. The van der Waals surface area contributed by atoms with Gasteiger partial charge in [0.15, 0.2) is 0 Å². The van der Waals surface area contributed by atoms with Gasteiger partial charge in [0.2, 0.25) is 11.8 Å². The first kappa shape index (κ1) is 19.3. The number of amides is 3. The van der Waals surface area contributed by atoms with Crippen molar-refractivity contribution in [2.75, 3.05) is 26.7 Å². The number of carbonyl (C=O) groups is 3. The maximum atomic E-state index is 13.3. The van der Waals surface area contributed by atoms with Crippen molar-refractivity contribution in [1.82, 2.24) is 15.1 Å². The molecule has 1 spiro atoms. The summed E-state index contributed by atoms with van der Waals surface area (Å²) < 4.78 is 5.52. The van der Waals surface area contributed by atoms with Gasteiger partial charge in [0.05, 0.1) is 0 Å². The second-order valence-corrected chi connectivity index (χ2v) is 7.62. The van der Waals surface area contributed by atoms with Crippen molar-refractivity contribution in [3.05, 3.63) is 12.2 Å². The minimum atomic E-state index is -0.891. The number of hydrogen-bond donors (Lipinski definition) is 1. The number of nitrogens with one attached hydrogen (secondary N) is 1. The second-order valence-electron chi connectivity index (χ2n) is 7.62. The molecule has 1 saturated heterocycles. The van der Waals surface area contributed by atoms with E-state index in [-0.39, 0.29) is 18.2 Å². The molecule has 0 unspecified atom stereocenters.